The molecule has 3 aromatic rings. The van der Waals surface area contributed by atoms with Crippen LogP contribution in [0.25, 0.3) is 16.6 Å². The molecule has 2 aromatic heterocycles. The van der Waals surface area contributed by atoms with Gasteiger partial charge in [0.15, 0.2) is 11.6 Å². The van der Waals surface area contributed by atoms with E-state index in [0.29, 0.717) is 35.5 Å². The third kappa shape index (κ3) is 2.24. The summed E-state index contributed by atoms with van der Waals surface area (Å²) in [5.74, 6) is -1.35. The normalized spacial score (nSPS) is 17.5. The third-order valence-electron chi connectivity index (χ3n) is 5.29. The average molecular weight is 381 g/mol. The number of rotatable bonds is 2. The summed E-state index contributed by atoms with van der Waals surface area (Å²) in [7, 11) is 0. The molecule has 0 amide bonds. The second kappa shape index (κ2) is 5.80. The number of nitrogens with zero attached hydrogens (tertiary/aromatic N) is 2. The highest BCUT2D eigenvalue weighted by Gasteiger charge is 2.32. The maximum absolute atomic E-state index is 15.1. The van der Waals surface area contributed by atoms with E-state index in [1.807, 2.05) is 4.90 Å². The Labute approximate surface area is 158 Å². The van der Waals surface area contributed by atoms with Crippen LogP contribution in [0.2, 0.25) is 0 Å². The van der Waals surface area contributed by atoms with Crippen LogP contribution in [0.3, 0.4) is 0 Å². The summed E-state index contributed by atoms with van der Waals surface area (Å²) in [6.07, 6.45) is 1.76. The summed E-state index contributed by atoms with van der Waals surface area (Å²) >= 11 is 0. The second-order valence-electron chi connectivity index (χ2n) is 7.05. The number of aromatic nitrogens is 1. The molecule has 2 aliphatic heterocycles. The number of pyridine rings is 2. The Bertz CT molecular complexity index is 1220. The van der Waals surface area contributed by atoms with Gasteiger partial charge in [-0.15, -0.1) is 0 Å². The monoisotopic (exact) mass is 381 g/mol. The van der Waals surface area contributed by atoms with Crippen LogP contribution in [0.4, 0.5) is 10.1 Å². The molecule has 0 aliphatic carbocycles. The first-order valence-corrected chi connectivity index (χ1v) is 8.88. The summed E-state index contributed by atoms with van der Waals surface area (Å²) in [4.78, 5) is 26.1. The number of anilines is 1. The first kappa shape index (κ1) is 16.8. The Morgan fingerprint density at radius 3 is 2.79 bits per heavy atom. The number of benzene rings is 1. The SMILES string of the molecule is NC1CCN(c2c(F)cn3c(=O)c(C(=O)O)cc4c3c2Oc2ccccc2-4)C1. The zero-order valence-electron chi connectivity index (χ0n) is 14.7. The Balaban J connectivity index is 1.92. The molecule has 0 bridgehead atoms. The molecule has 5 rings (SSSR count). The highest BCUT2D eigenvalue weighted by molar-refractivity contribution is 5.98. The molecule has 1 atom stereocenters. The lowest BCUT2D eigenvalue weighted by Gasteiger charge is -2.28. The first-order chi connectivity index (χ1) is 13.5. The number of nitrogens with two attached hydrogens (primary N) is 1. The first-order valence-electron chi connectivity index (χ1n) is 8.88. The molecule has 1 unspecified atom stereocenters. The fraction of sp³-hybridized carbons (Fsp3) is 0.200. The van der Waals surface area contributed by atoms with E-state index in [-0.39, 0.29) is 17.5 Å². The summed E-state index contributed by atoms with van der Waals surface area (Å²) in [5, 5.41) is 9.45. The van der Waals surface area contributed by atoms with Crippen LogP contribution in [0, 0.1) is 5.82 Å². The fourth-order valence-corrected chi connectivity index (χ4v) is 4.01. The van der Waals surface area contributed by atoms with E-state index in [1.54, 1.807) is 24.3 Å². The minimum atomic E-state index is -1.36. The smallest absolute Gasteiger partial charge is 0.341 e. The quantitative estimate of drug-likeness (QED) is 0.554. The van der Waals surface area contributed by atoms with Gasteiger partial charge < -0.3 is 20.5 Å². The van der Waals surface area contributed by atoms with Crippen LogP contribution in [0.15, 0.2) is 41.3 Å². The molecule has 0 saturated carbocycles. The van der Waals surface area contributed by atoms with Gasteiger partial charge in [-0.1, -0.05) is 18.2 Å². The van der Waals surface area contributed by atoms with E-state index in [2.05, 4.69) is 0 Å². The van der Waals surface area contributed by atoms with Crippen LogP contribution >= 0.6 is 0 Å². The lowest BCUT2D eigenvalue weighted by molar-refractivity contribution is 0.0694. The predicted molar refractivity (Wildman–Crippen MR) is 101 cm³/mol. The zero-order chi connectivity index (χ0) is 19.6. The van der Waals surface area contributed by atoms with Crippen LogP contribution in [0.1, 0.15) is 16.8 Å². The van der Waals surface area contributed by atoms with Crippen molar-refractivity contribution >= 4 is 17.2 Å². The molecule has 1 fully saturated rings. The van der Waals surface area contributed by atoms with Crippen molar-refractivity contribution in [3.63, 3.8) is 0 Å². The Hall–Kier alpha value is -3.39. The molecule has 28 heavy (non-hydrogen) atoms. The van der Waals surface area contributed by atoms with Gasteiger partial charge in [-0.3, -0.25) is 9.20 Å². The Morgan fingerprint density at radius 1 is 1.29 bits per heavy atom. The van der Waals surface area contributed by atoms with Crippen molar-refractivity contribution in [3.05, 3.63) is 58.3 Å². The van der Waals surface area contributed by atoms with Crippen molar-refractivity contribution in [2.45, 2.75) is 12.5 Å². The van der Waals surface area contributed by atoms with Gasteiger partial charge in [0, 0.05) is 30.3 Å². The zero-order valence-corrected chi connectivity index (χ0v) is 14.7. The molecule has 1 saturated heterocycles. The maximum atomic E-state index is 15.1. The highest BCUT2D eigenvalue weighted by atomic mass is 19.1. The van der Waals surface area contributed by atoms with Gasteiger partial charge in [-0.25, -0.2) is 9.18 Å². The molecule has 3 N–H and O–H groups in total. The predicted octanol–water partition coefficient (Wildman–Crippen LogP) is 2.45. The van der Waals surface area contributed by atoms with E-state index in [9.17, 15) is 14.7 Å². The van der Waals surface area contributed by atoms with Crippen molar-refractivity contribution in [2.75, 3.05) is 18.0 Å². The average Bonchev–Trinajstić information content (AvgIpc) is 3.09. The molecule has 2 aliphatic rings. The van der Waals surface area contributed by atoms with Gasteiger partial charge >= 0.3 is 5.97 Å². The number of ether oxygens (including phenoxy) is 1. The molecule has 142 valence electrons. The number of carboxylic acid groups (broad SMARTS) is 1. The Kier molecular flexibility index (Phi) is 3.47. The third-order valence-corrected chi connectivity index (χ3v) is 5.29. The van der Waals surface area contributed by atoms with Gasteiger partial charge in [0.2, 0.25) is 0 Å². The number of carbonyl (C=O) groups is 1. The summed E-state index contributed by atoms with van der Waals surface area (Å²) in [6, 6.07) is 8.33. The molecule has 7 nitrogen and oxygen atoms in total. The van der Waals surface area contributed by atoms with E-state index in [0.717, 1.165) is 17.0 Å². The lowest BCUT2D eigenvalue weighted by Crippen LogP contribution is -2.29. The number of aromatic carboxylic acids is 1. The minimum Gasteiger partial charge on any atom is -0.477 e. The fourth-order valence-electron chi connectivity index (χ4n) is 4.01. The molecule has 4 heterocycles. The van der Waals surface area contributed by atoms with Gasteiger partial charge in [0.1, 0.15) is 22.5 Å². The number of carboxylic acids is 1. The van der Waals surface area contributed by atoms with Crippen molar-refractivity contribution in [1.82, 2.24) is 4.40 Å². The van der Waals surface area contributed by atoms with Crippen molar-refractivity contribution in [1.29, 1.82) is 0 Å². The number of para-hydroxylation sites is 1. The van der Waals surface area contributed by atoms with Crippen molar-refractivity contribution < 1.29 is 19.0 Å². The summed E-state index contributed by atoms with van der Waals surface area (Å²) < 4.78 is 22.2. The van der Waals surface area contributed by atoms with E-state index >= 15 is 4.39 Å². The Morgan fingerprint density at radius 2 is 2.07 bits per heavy atom. The lowest BCUT2D eigenvalue weighted by atomic mass is 9.98. The minimum absolute atomic E-state index is 0.0743. The highest BCUT2D eigenvalue weighted by Crippen LogP contribution is 2.49. The summed E-state index contributed by atoms with van der Waals surface area (Å²) in [5.41, 5.74) is 6.51. The van der Waals surface area contributed by atoms with Crippen LogP contribution < -0.4 is 20.9 Å². The maximum Gasteiger partial charge on any atom is 0.341 e. The molecular formula is C20H16FN3O4. The number of hydrogen-bond donors (Lipinski definition) is 2. The van der Waals surface area contributed by atoms with Crippen LogP contribution in [-0.2, 0) is 0 Å². The van der Waals surface area contributed by atoms with Crippen molar-refractivity contribution in [2.24, 2.45) is 5.73 Å². The van der Waals surface area contributed by atoms with Crippen LogP contribution in [-0.4, -0.2) is 34.6 Å². The molecule has 1 aromatic carbocycles. The molecule has 8 heteroatoms. The number of fused-ring (bicyclic) bond motifs is 2. The van der Waals surface area contributed by atoms with Gasteiger partial charge in [-0.2, -0.15) is 0 Å². The molecule has 0 radical (unpaired) electrons. The van der Waals surface area contributed by atoms with E-state index in [1.165, 1.54) is 6.07 Å². The number of hydrogen-bond acceptors (Lipinski definition) is 5. The summed E-state index contributed by atoms with van der Waals surface area (Å²) in [6.45, 7) is 1.04. The molecule has 0 spiro atoms. The van der Waals surface area contributed by atoms with Gasteiger partial charge in [0.05, 0.1) is 6.20 Å². The van der Waals surface area contributed by atoms with Gasteiger partial charge in [-0.05, 0) is 18.6 Å². The van der Waals surface area contributed by atoms with Crippen LogP contribution in [0.5, 0.6) is 11.5 Å². The van der Waals surface area contributed by atoms with E-state index < -0.39 is 22.9 Å². The van der Waals surface area contributed by atoms with Gasteiger partial charge in [0.25, 0.3) is 5.56 Å². The molecular weight excluding hydrogens is 365 g/mol. The van der Waals surface area contributed by atoms with E-state index in [4.69, 9.17) is 10.5 Å². The standard InChI is InChI=1S/C20H16FN3O4/c21-14-9-24-16-12(7-13(19(24)25)20(26)27)11-3-1-2-4-15(11)28-18(16)17(14)23-6-5-10(22)8-23/h1-4,7,9-10H,5-6,8,22H2,(H,26,27). The largest absolute Gasteiger partial charge is 0.477 e. The second-order valence-corrected chi connectivity index (χ2v) is 7.05. The topological polar surface area (TPSA) is 97.3 Å². The number of halogens is 1. The van der Waals surface area contributed by atoms with Crippen molar-refractivity contribution in [3.8, 4) is 22.6 Å².